The molecule has 1 atom stereocenters. The van der Waals surface area contributed by atoms with Gasteiger partial charge >= 0.3 is 6.15 Å². The molecule has 0 spiro atoms. The molecule has 0 bridgehead atoms. The first kappa shape index (κ1) is 32.2. The van der Waals surface area contributed by atoms with Gasteiger partial charge in [0.15, 0.2) is 0 Å². The quantitative estimate of drug-likeness (QED) is 0.177. The normalized spacial score (nSPS) is 11.5. The Morgan fingerprint density at radius 2 is 1.48 bits per heavy atom. The number of fused-ring (bicyclic) bond motifs is 1. The summed E-state index contributed by atoms with van der Waals surface area (Å²) in [4.78, 5) is 29.8. The SMILES string of the molecule is CCCC[C@H](NC(=O)c1ccc2c(c1)c(C)c(C)n2Cc1ccc(-c2ccccc2)cc1)c1cccc(C(C)C)c1.O=C=O. The summed E-state index contributed by atoms with van der Waals surface area (Å²) in [6.07, 6.45) is 3.36. The number of unbranched alkanes of at least 4 members (excludes halogenated alkanes) is 1. The van der Waals surface area contributed by atoms with E-state index >= 15 is 0 Å². The zero-order chi connectivity index (χ0) is 31.6. The van der Waals surface area contributed by atoms with Crippen LogP contribution in [0.1, 0.15) is 90.3 Å². The molecule has 0 fully saturated rings. The molecular formula is C39H42N2O3. The first-order valence-corrected chi connectivity index (χ1v) is 15.4. The average molecular weight is 587 g/mol. The van der Waals surface area contributed by atoms with Crippen molar-refractivity contribution in [2.24, 2.45) is 0 Å². The first-order chi connectivity index (χ1) is 21.3. The van der Waals surface area contributed by atoms with Gasteiger partial charge < -0.3 is 9.88 Å². The number of rotatable bonds is 10. The van der Waals surface area contributed by atoms with Crippen LogP contribution in [0.3, 0.4) is 0 Å². The number of aryl methyl sites for hydroxylation is 1. The van der Waals surface area contributed by atoms with Crippen molar-refractivity contribution in [1.29, 1.82) is 0 Å². The maximum atomic E-state index is 13.6. The maximum Gasteiger partial charge on any atom is 0.373 e. The molecule has 44 heavy (non-hydrogen) atoms. The molecule has 5 nitrogen and oxygen atoms in total. The van der Waals surface area contributed by atoms with Gasteiger partial charge in [0.2, 0.25) is 0 Å². The van der Waals surface area contributed by atoms with Crippen LogP contribution < -0.4 is 5.32 Å². The van der Waals surface area contributed by atoms with Gasteiger partial charge in [-0.3, -0.25) is 4.79 Å². The minimum atomic E-state index is -0.00995. The summed E-state index contributed by atoms with van der Waals surface area (Å²) in [5.74, 6) is 0.446. The van der Waals surface area contributed by atoms with Crippen LogP contribution in [0.25, 0.3) is 22.0 Å². The molecule has 1 aromatic heterocycles. The number of hydrogen-bond acceptors (Lipinski definition) is 3. The zero-order valence-electron chi connectivity index (χ0n) is 26.4. The van der Waals surface area contributed by atoms with Gasteiger partial charge in [0.25, 0.3) is 5.91 Å². The molecule has 0 unspecified atom stereocenters. The molecule has 0 radical (unpaired) electrons. The molecular weight excluding hydrogens is 544 g/mol. The second kappa shape index (κ2) is 15.1. The highest BCUT2D eigenvalue weighted by molar-refractivity contribution is 5.99. The smallest absolute Gasteiger partial charge is 0.345 e. The fraction of sp³-hybridized carbons (Fsp3) is 0.282. The van der Waals surface area contributed by atoms with Crippen molar-refractivity contribution in [3.8, 4) is 11.1 Å². The number of carbonyl (C=O) groups is 1. The van der Waals surface area contributed by atoms with Gasteiger partial charge in [-0.1, -0.05) is 112 Å². The van der Waals surface area contributed by atoms with Crippen molar-refractivity contribution in [3.05, 3.63) is 131 Å². The lowest BCUT2D eigenvalue weighted by molar-refractivity contribution is -0.191. The number of carbonyl (C=O) groups excluding carboxylic acids is 3. The zero-order valence-corrected chi connectivity index (χ0v) is 26.4. The van der Waals surface area contributed by atoms with Gasteiger partial charge in [0.1, 0.15) is 0 Å². The summed E-state index contributed by atoms with van der Waals surface area (Å²) < 4.78 is 2.37. The lowest BCUT2D eigenvalue weighted by Crippen LogP contribution is -2.28. The van der Waals surface area contributed by atoms with E-state index in [9.17, 15) is 4.79 Å². The van der Waals surface area contributed by atoms with E-state index in [-0.39, 0.29) is 18.1 Å². The van der Waals surface area contributed by atoms with E-state index in [1.807, 2.05) is 12.1 Å². The molecule has 0 aliphatic heterocycles. The predicted molar refractivity (Wildman–Crippen MR) is 178 cm³/mol. The lowest BCUT2D eigenvalue weighted by Gasteiger charge is -2.21. The van der Waals surface area contributed by atoms with Crippen molar-refractivity contribution in [2.45, 2.75) is 72.4 Å². The fourth-order valence-corrected chi connectivity index (χ4v) is 5.72. The Labute approximate surface area is 260 Å². The molecule has 4 aromatic carbocycles. The average Bonchev–Trinajstić information content (AvgIpc) is 3.28. The topological polar surface area (TPSA) is 68.2 Å². The van der Waals surface area contributed by atoms with Crippen molar-refractivity contribution in [3.63, 3.8) is 0 Å². The van der Waals surface area contributed by atoms with Crippen LogP contribution in [-0.2, 0) is 16.1 Å². The van der Waals surface area contributed by atoms with Gasteiger partial charge in [-0.25, -0.2) is 0 Å². The van der Waals surface area contributed by atoms with Crippen molar-refractivity contribution in [1.82, 2.24) is 9.88 Å². The summed E-state index contributed by atoms with van der Waals surface area (Å²) >= 11 is 0. The molecule has 1 N–H and O–H groups in total. The Balaban J connectivity index is 0.00000141. The molecule has 1 amide bonds. The highest BCUT2D eigenvalue weighted by Crippen LogP contribution is 2.29. The number of benzene rings is 4. The number of hydrogen-bond donors (Lipinski definition) is 1. The summed E-state index contributed by atoms with van der Waals surface area (Å²) in [6.45, 7) is 11.8. The molecule has 0 aliphatic rings. The van der Waals surface area contributed by atoms with E-state index in [1.165, 1.54) is 39.1 Å². The van der Waals surface area contributed by atoms with Crippen LogP contribution >= 0.6 is 0 Å². The third kappa shape index (κ3) is 7.61. The minimum Gasteiger partial charge on any atom is -0.345 e. The van der Waals surface area contributed by atoms with E-state index in [0.717, 1.165) is 36.7 Å². The Kier molecular flexibility index (Phi) is 11.1. The lowest BCUT2D eigenvalue weighted by atomic mass is 9.95. The van der Waals surface area contributed by atoms with Crippen molar-refractivity contribution >= 4 is 23.0 Å². The monoisotopic (exact) mass is 586 g/mol. The van der Waals surface area contributed by atoms with Gasteiger partial charge in [-0.05, 0) is 77.8 Å². The summed E-state index contributed by atoms with van der Waals surface area (Å²) in [6, 6.07) is 34.2. The maximum absolute atomic E-state index is 13.6. The second-order valence-corrected chi connectivity index (χ2v) is 11.7. The molecule has 226 valence electrons. The summed E-state index contributed by atoms with van der Waals surface area (Å²) in [7, 11) is 0. The third-order valence-electron chi connectivity index (χ3n) is 8.43. The Morgan fingerprint density at radius 1 is 0.818 bits per heavy atom. The molecule has 5 aromatic rings. The van der Waals surface area contributed by atoms with E-state index in [4.69, 9.17) is 9.59 Å². The van der Waals surface area contributed by atoms with Gasteiger partial charge in [0.05, 0.1) is 6.04 Å². The van der Waals surface area contributed by atoms with Gasteiger partial charge in [-0.2, -0.15) is 9.59 Å². The largest absolute Gasteiger partial charge is 0.373 e. The van der Waals surface area contributed by atoms with Crippen LogP contribution in [0.2, 0.25) is 0 Å². The van der Waals surface area contributed by atoms with Crippen LogP contribution in [-0.4, -0.2) is 16.6 Å². The number of amides is 1. The van der Waals surface area contributed by atoms with Crippen LogP contribution in [0.5, 0.6) is 0 Å². The van der Waals surface area contributed by atoms with Gasteiger partial charge in [-0.15, -0.1) is 0 Å². The highest BCUT2D eigenvalue weighted by Gasteiger charge is 2.19. The Morgan fingerprint density at radius 3 is 2.14 bits per heavy atom. The summed E-state index contributed by atoms with van der Waals surface area (Å²) in [5.41, 5.74) is 10.5. The number of aromatic nitrogens is 1. The second-order valence-electron chi connectivity index (χ2n) is 11.7. The van der Waals surface area contributed by atoms with E-state index in [1.54, 1.807) is 0 Å². The van der Waals surface area contributed by atoms with Crippen LogP contribution in [0.4, 0.5) is 0 Å². The van der Waals surface area contributed by atoms with E-state index in [0.29, 0.717) is 11.5 Å². The molecule has 5 heteroatoms. The van der Waals surface area contributed by atoms with E-state index in [2.05, 4.69) is 129 Å². The van der Waals surface area contributed by atoms with Crippen molar-refractivity contribution in [2.75, 3.05) is 0 Å². The Hall–Kier alpha value is -4.73. The summed E-state index contributed by atoms with van der Waals surface area (Å²) in [5, 5.41) is 4.51. The molecule has 1 heterocycles. The molecule has 0 aliphatic carbocycles. The third-order valence-corrected chi connectivity index (χ3v) is 8.43. The minimum absolute atomic E-state index is 0.00290. The van der Waals surface area contributed by atoms with E-state index < -0.39 is 0 Å². The molecule has 5 rings (SSSR count). The standard InChI is InChI=1S/C38H42N2O.CO2/c1-6-7-16-36(33-15-11-14-32(23-33)26(2)3)39-38(41)34-21-22-37-35(24-34)27(4)28(5)40(37)25-29-17-19-31(20-18-29)30-12-9-8-10-13-30;2-1-3/h8-15,17-24,26,36H,6-7,16,25H2,1-5H3,(H,39,41);/t36-;/m0./s1. The van der Waals surface area contributed by atoms with Crippen LogP contribution in [0, 0.1) is 13.8 Å². The van der Waals surface area contributed by atoms with Crippen LogP contribution in [0.15, 0.2) is 97.1 Å². The first-order valence-electron chi connectivity index (χ1n) is 15.4. The number of nitrogens with zero attached hydrogens (tertiary/aromatic N) is 1. The molecule has 0 saturated heterocycles. The predicted octanol–water partition coefficient (Wildman–Crippen LogP) is 9.17. The number of nitrogens with one attached hydrogen (secondary N) is 1. The fourth-order valence-electron chi connectivity index (χ4n) is 5.72. The van der Waals surface area contributed by atoms with Gasteiger partial charge in [0, 0.05) is 28.7 Å². The highest BCUT2D eigenvalue weighted by atomic mass is 16.2. The Bertz CT molecular complexity index is 1730. The van der Waals surface area contributed by atoms with Crippen molar-refractivity contribution < 1.29 is 14.4 Å². The molecule has 0 saturated carbocycles.